The van der Waals surface area contributed by atoms with Crippen molar-refractivity contribution in [2.75, 3.05) is 4.72 Å². The van der Waals surface area contributed by atoms with Gasteiger partial charge in [-0.05, 0) is 61.5 Å². The molecule has 6 nitrogen and oxygen atoms in total. The fourth-order valence-corrected chi connectivity index (χ4v) is 3.25. The van der Waals surface area contributed by atoms with Crippen molar-refractivity contribution in [2.45, 2.75) is 11.8 Å². The van der Waals surface area contributed by atoms with E-state index in [1.165, 1.54) is 19.1 Å². The molecule has 0 aliphatic carbocycles. The maximum atomic E-state index is 12.4. The molecule has 2 aromatic carbocycles. The van der Waals surface area contributed by atoms with Gasteiger partial charge in [0.2, 0.25) is 0 Å². The minimum absolute atomic E-state index is 0.0707. The van der Waals surface area contributed by atoms with Crippen LogP contribution in [0.3, 0.4) is 0 Å². The van der Waals surface area contributed by atoms with Gasteiger partial charge in [0.1, 0.15) is 0 Å². The van der Waals surface area contributed by atoms with Crippen molar-refractivity contribution < 1.29 is 13.2 Å². The van der Waals surface area contributed by atoms with Gasteiger partial charge in [-0.15, -0.1) is 0 Å². The van der Waals surface area contributed by atoms with Crippen LogP contribution in [0.4, 0.5) is 5.69 Å². The highest BCUT2D eigenvalue weighted by Gasteiger charge is 2.14. The van der Waals surface area contributed by atoms with Crippen molar-refractivity contribution in [1.82, 2.24) is 9.78 Å². The summed E-state index contributed by atoms with van der Waals surface area (Å²) in [4.78, 5) is 11.4. The fourth-order valence-electron chi connectivity index (χ4n) is 2.19. The quantitative estimate of drug-likeness (QED) is 0.724. The van der Waals surface area contributed by atoms with Crippen LogP contribution in [0.2, 0.25) is 0 Å². The van der Waals surface area contributed by atoms with Gasteiger partial charge >= 0.3 is 0 Å². The van der Waals surface area contributed by atoms with Gasteiger partial charge < -0.3 is 0 Å². The number of hydrogen-bond donors (Lipinski definition) is 1. The summed E-state index contributed by atoms with van der Waals surface area (Å²) < 4.78 is 29.0. The summed E-state index contributed by atoms with van der Waals surface area (Å²) in [5.41, 5.74) is 1.70. The van der Waals surface area contributed by atoms with Gasteiger partial charge in [0.05, 0.1) is 10.6 Å². The number of rotatable bonds is 5. The number of ketones is 1. The van der Waals surface area contributed by atoms with Gasteiger partial charge in [-0.2, -0.15) is 5.10 Å². The zero-order chi connectivity index (χ0) is 17.2. The van der Waals surface area contributed by atoms with E-state index in [4.69, 9.17) is 0 Å². The van der Waals surface area contributed by atoms with Gasteiger partial charge in [0, 0.05) is 23.6 Å². The van der Waals surface area contributed by atoms with Gasteiger partial charge in [-0.25, -0.2) is 13.1 Å². The number of hydrogen-bond acceptors (Lipinski definition) is 4. The number of nitrogens with one attached hydrogen (secondary N) is 1. The molecule has 0 saturated heterocycles. The molecule has 0 aliphatic heterocycles. The lowest BCUT2D eigenvalue weighted by atomic mass is 10.1. The third-order valence-electron chi connectivity index (χ3n) is 3.46. The Labute approximate surface area is 139 Å². The lowest BCUT2D eigenvalue weighted by molar-refractivity contribution is 0.101. The van der Waals surface area contributed by atoms with Gasteiger partial charge in [0.25, 0.3) is 10.0 Å². The summed E-state index contributed by atoms with van der Waals surface area (Å²) in [7, 11) is -3.70. The fraction of sp³-hybridized carbons (Fsp3) is 0.0588. The third kappa shape index (κ3) is 3.36. The molecule has 0 atom stereocenters. The van der Waals surface area contributed by atoms with Crippen molar-refractivity contribution in [3.63, 3.8) is 0 Å². The summed E-state index contributed by atoms with van der Waals surface area (Å²) in [6, 6.07) is 14.5. The lowest BCUT2D eigenvalue weighted by Crippen LogP contribution is -2.13. The monoisotopic (exact) mass is 341 g/mol. The molecule has 1 heterocycles. The molecule has 1 aromatic heterocycles. The lowest BCUT2D eigenvalue weighted by Gasteiger charge is -2.09. The molecular weight excluding hydrogens is 326 g/mol. The topological polar surface area (TPSA) is 81.1 Å². The Morgan fingerprint density at radius 3 is 2.25 bits per heavy atom. The number of carbonyl (C=O) groups excluding carboxylic acids is 1. The normalized spacial score (nSPS) is 11.2. The zero-order valence-corrected chi connectivity index (χ0v) is 13.7. The summed E-state index contributed by atoms with van der Waals surface area (Å²) in [6.45, 7) is 1.46. The van der Waals surface area contributed by atoms with E-state index in [0.717, 1.165) is 5.69 Å². The second-order valence-electron chi connectivity index (χ2n) is 5.18. The number of sulfonamides is 1. The molecule has 0 amide bonds. The molecule has 0 aliphatic rings. The first-order valence-electron chi connectivity index (χ1n) is 7.20. The van der Waals surface area contributed by atoms with Crippen molar-refractivity contribution in [3.8, 4) is 5.69 Å². The van der Waals surface area contributed by atoms with Crippen LogP contribution in [-0.4, -0.2) is 24.0 Å². The summed E-state index contributed by atoms with van der Waals surface area (Å²) in [5, 5.41) is 4.09. The number of nitrogens with zero attached hydrogens (tertiary/aromatic N) is 2. The Kier molecular flexibility index (Phi) is 4.18. The maximum absolute atomic E-state index is 12.4. The molecule has 3 rings (SSSR count). The molecule has 0 radical (unpaired) electrons. The van der Waals surface area contributed by atoms with Crippen LogP contribution in [0, 0.1) is 0 Å². The molecule has 3 aromatic rings. The smallest absolute Gasteiger partial charge is 0.261 e. The van der Waals surface area contributed by atoms with E-state index in [0.29, 0.717) is 11.3 Å². The first-order chi connectivity index (χ1) is 11.5. The Morgan fingerprint density at radius 2 is 1.71 bits per heavy atom. The van der Waals surface area contributed by atoms with Crippen molar-refractivity contribution >= 4 is 21.5 Å². The largest absolute Gasteiger partial charge is 0.295 e. The molecule has 7 heteroatoms. The third-order valence-corrected chi connectivity index (χ3v) is 4.86. The van der Waals surface area contributed by atoms with E-state index >= 15 is 0 Å². The second-order valence-corrected chi connectivity index (χ2v) is 6.87. The van der Waals surface area contributed by atoms with Crippen molar-refractivity contribution in [2.24, 2.45) is 0 Å². The molecule has 0 saturated carbocycles. The second kappa shape index (κ2) is 6.29. The van der Waals surface area contributed by atoms with Crippen molar-refractivity contribution in [3.05, 3.63) is 72.6 Å². The number of carbonyl (C=O) groups is 1. The Bertz CT molecular complexity index is 945. The molecule has 1 N–H and O–H groups in total. The molecular formula is C17H15N3O3S. The van der Waals surface area contributed by atoms with Crippen LogP contribution in [0.1, 0.15) is 17.3 Å². The molecule has 0 fully saturated rings. The highest BCUT2D eigenvalue weighted by molar-refractivity contribution is 7.92. The van der Waals surface area contributed by atoms with E-state index in [9.17, 15) is 13.2 Å². The standard InChI is InChI=1S/C17H15N3O3S/c1-13(21)14-3-5-15(6-4-14)19-24(22,23)17-9-7-16(8-10-17)20-12-2-11-18-20/h2-12,19H,1H3. The van der Waals surface area contributed by atoms with Crippen LogP contribution in [0.25, 0.3) is 5.69 Å². The molecule has 122 valence electrons. The maximum Gasteiger partial charge on any atom is 0.261 e. The average Bonchev–Trinajstić information content (AvgIpc) is 3.09. The number of Topliss-reactive ketones (excluding diaryl/α,β-unsaturated/α-hetero) is 1. The first-order valence-corrected chi connectivity index (χ1v) is 8.68. The summed E-state index contributed by atoms with van der Waals surface area (Å²) in [6.07, 6.45) is 3.43. The average molecular weight is 341 g/mol. The predicted molar refractivity (Wildman–Crippen MR) is 90.8 cm³/mol. The first kappa shape index (κ1) is 15.9. The highest BCUT2D eigenvalue weighted by atomic mass is 32.2. The van der Waals surface area contributed by atoms with Crippen LogP contribution < -0.4 is 4.72 Å². The van der Waals surface area contributed by atoms with E-state index in [-0.39, 0.29) is 10.7 Å². The van der Waals surface area contributed by atoms with Crippen LogP contribution >= 0.6 is 0 Å². The highest BCUT2D eigenvalue weighted by Crippen LogP contribution is 2.18. The van der Waals surface area contributed by atoms with E-state index in [1.54, 1.807) is 59.5 Å². The number of benzene rings is 2. The Balaban J connectivity index is 1.81. The van der Waals surface area contributed by atoms with Gasteiger partial charge in [0.15, 0.2) is 5.78 Å². The minimum Gasteiger partial charge on any atom is -0.295 e. The van der Waals surface area contributed by atoms with Crippen molar-refractivity contribution in [1.29, 1.82) is 0 Å². The minimum atomic E-state index is -3.70. The van der Waals surface area contributed by atoms with Gasteiger partial charge in [-0.3, -0.25) is 9.52 Å². The molecule has 0 bridgehead atoms. The number of anilines is 1. The van der Waals surface area contributed by atoms with E-state index in [1.807, 2.05) is 0 Å². The Hall–Kier alpha value is -2.93. The Morgan fingerprint density at radius 1 is 1.04 bits per heavy atom. The number of aromatic nitrogens is 2. The zero-order valence-electron chi connectivity index (χ0n) is 12.9. The van der Waals surface area contributed by atoms with Crippen LogP contribution in [-0.2, 0) is 10.0 Å². The van der Waals surface area contributed by atoms with Crippen LogP contribution in [0.5, 0.6) is 0 Å². The predicted octanol–water partition coefficient (Wildman–Crippen LogP) is 2.88. The molecule has 0 unspecified atom stereocenters. The van der Waals surface area contributed by atoms with Crippen LogP contribution in [0.15, 0.2) is 71.9 Å². The van der Waals surface area contributed by atoms with Gasteiger partial charge in [-0.1, -0.05) is 0 Å². The molecule has 24 heavy (non-hydrogen) atoms. The van der Waals surface area contributed by atoms with E-state index in [2.05, 4.69) is 9.82 Å². The SMILES string of the molecule is CC(=O)c1ccc(NS(=O)(=O)c2ccc(-n3cccn3)cc2)cc1. The summed E-state index contributed by atoms with van der Waals surface area (Å²) in [5.74, 6) is -0.0707. The van der Waals surface area contributed by atoms with E-state index < -0.39 is 10.0 Å². The summed E-state index contributed by atoms with van der Waals surface area (Å²) >= 11 is 0. The molecule has 0 spiro atoms.